The van der Waals surface area contributed by atoms with Gasteiger partial charge in [-0.05, 0) is 17.5 Å². The molecule has 0 N–H and O–H groups in total. The minimum atomic E-state index is -3.70. The zero-order chi connectivity index (χ0) is 10.2. The molecule has 0 radical (unpaired) electrons. The highest BCUT2D eigenvalue weighted by molar-refractivity contribution is 8.14. The van der Waals surface area contributed by atoms with Crippen molar-refractivity contribution < 1.29 is 8.42 Å². The van der Waals surface area contributed by atoms with Crippen LogP contribution in [0, 0.1) is 0 Å². The molecule has 0 atom stereocenters. The van der Waals surface area contributed by atoms with E-state index in [0.29, 0.717) is 5.39 Å². The number of pyridine rings is 1. The Morgan fingerprint density at radius 3 is 2.71 bits per heavy atom. The monoisotopic (exact) mass is 227 g/mol. The first-order chi connectivity index (χ1) is 6.59. The highest BCUT2D eigenvalue weighted by Crippen LogP contribution is 2.24. The van der Waals surface area contributed by atoms with Crippen molar-refractivity contribution in [2.45, 2.75) is 4.90 Å². The molecule has 0 spiro atoms. The van der Waals surface area contributed by atoms with Crippen molar-refractivity contribution in [3.8, 4) is 0 Å². The number of benzene rings is 1. The van der Waals surface area contributed by atoms with E-state index in [-0.39, 0.29) is 4.90 Å². The summed E-state index contributed by atoms with van der Waals surface area (Å²) in [6.45, 7) is 0. The van der Waals surface area contributed by atoms with E-state index in [1.54, 1.807) is 18.3 Å². The first kappa shape index (κ1) is 9.43. The smallest absolute Gasteiger partial charge is 0.261 e. The second-order valence-corrected chi connectivity index (χ2v) is 5.33. The molecule has 0 saturated heterocycles. The fraction of sp³-hybridized carbons (Fsp3) is 0. The number of hydrogen-bond donors (Lipinski definition) is 0. The molecule has 1 aromatic carbocycles. The van der Waals surface area contributed by atoms with E-state index in [1.165, 1.54) is 12.3 Å². The summed E-state index contributed by atoms with van der Waals surface area (Å²) >= 11 is 0. The van der Waals surface area contributed by atoms with Gasteiger partial charge in [-0.2, -0.15) is 0 Å². The van der Waals surface area contributed by atoms with Crippen LogP contribution in [0.4, 0.5) is 0 Å². The first-order valence-corrected chi connectivity index (χ1v) is 6.17. The lowest BCUT2D eigenvalue weighted by Crippen LogP contribution is -1.92. The zero-order valence-corrected chi connectivity index (χ0v) is 8.59. The van der Waals surface area contributed by atoms with Crippen molar-refractivity contribution in [3.63, 3.8) is 0 Å². The van der Waals surface area contributed by atoms with Gasteiger partial charge < -0.3 is 0 Å². The summed E-state index contributed by atoms with van der Waals surface area (Å²) < 4.78 is 22.4. The van der Waals surface area contributed by atoms with Crippen LogP contribution < -0.4 is 0 Å². The maximum absolute atomic E-state index is 11.2. The third-order valence-electron chi connectivity index (χ3n) is 1.91. The van der Waals surface area contributed by atoms with Crippen molar-refractivity contribution >= 4 is 30.5 Å². The Morgan fingerprint density at radius 2 is 2.00 bits per heavy atom. The van der Waals surface area contributed by atoms with Crippen LogP contribution in [0.5, 0.6) is 0 Å². The number of rotatable bonds is 1. The number of hydrogen-bond acceptors (Lipinski definition) is 3. The van der Waals surface area contributed by atoms with Crippen LogP contribution in [0.25, 0.3) is 10.8 Å². The van der Waals surface area contributed by atoms with Gasteiger partial charge in [0.15, 0.2) is 0 Å². The summed E-state index contributed by atoms with van der Waals surface area (Å²) in [6, 6.07) is 6.66. The maximum atomic E-state index is 11.2. The van der Waals surface area contributed by atoms with Crippen LogP contribution in [0.2, 0.25) is 0 Å². The molecule has 0 fully saturated rings. The molecule has 1 aromatic heterocycles. The minimum absolute atomic E-state index is 0.102. The molecule has 72 valence electrons. The van der Waals surface area contributed by atoms with Crippen molar-refractivity contribution in [1.82, 2.24) is 4.98 Å². The molecule has 0 aliphatic rings. The summed E-state index contributed by atoms with van der Waals surface area (Å²) in [5.41, 5.74) is 0. The van der Waals surface area contributed by atoms with Gasteiger partial charge in [-0.15, -0.1) is 0 Å². The minimum Gasteiger partial charge on any atom is -0.264 e. The predicted octanol–water partition coefficient (Wildman–Crippen LogP) is 2.16. The number of fused-ring (bicyclic) bond motifs is 1. The van der Waals surface area contributed by atoms with E-state index in [0.717, 1.165) is 5.39 Å². The second-order valence-electron chi connectivity index (χ2n) is 2.79. The van der Waals surface area contributed by atoms with E-state index in [1.807, 2.05) is 6.07 Å². The summed E-state index contributed by atoms with van der Waals surface area (Å²) in [5.74, 6) is 0. The topological polar surface area (TPSA) is 47.0 Å². The molecule has 0 bridgehead atoms. The lowest BCUT2D eigenvalue weighted by Gasteiger charge is -2.01. The van der Waals surface area contributed by atoms with Gasteiger partial charge in [-0.25, -0.2) is 8.42 Å². The number of aromatic nitrogens is 1. The molecule has 3 nitrogen and oxygen atoms in total. The van der Waals surface area contributed by atoms with E-state index in [4.69, 9.17) is 10.7 Å². The van der Waals surface area contributed by atoms with Gasteiger partial charge in [-0.1, -0.05) is 12.1 Å². The van der Waals surface area contributed by atoms with Crippen molar-refractivity contribution in [2.24, 2.45) is 0 Å². The summed E-state index contributed by atoms with van der Waals surface area (Å²) in [5, 5.41) is 1.35. The fourth-order valence-corrected chi connectivity index (χ4v) is 2.38. The Kier molecular flexibility index (Phi) is 2.17. The highest BCUT2D eigenvalue weighted by atomic mass is 35.7. The third kappa shape index (κ3) is 1.58. The van der Waals surface area contributed by atoms with Gasteiger partial charge in [0.05, 0.1) is 4.90 Å². The molecule has 0 aliphatic carbocycles. The van der Waals surface area contributed by atoms with Crippen LogP contribution >= 0.6 is 10.7 Å². The average molecular weight is 228 g/mol. The van der Waals surface area contributed by atoms with E-state index < -0.39 is 9.05 Å². The van der Waals surface area contributed by atoms with Gasteiger partial charge in [-0.3, -0.25) is 4.98 Å². The van der Waals surface area contributed by atoms with Gasteiger partial charge in [0, 0.05) is 28.5 Å². The zero-order valence-electron chi connectivity index (χ0n) is 7.01. The Labute approximate surface area is 85.8 Å². The highest BCUT2D eigenvalue weighted by Gasteiger charge is 2.13. The van der Waals surface area contributed by atoms with E-state index >= 15 is 0 Å². The molecule has 2 rings (SSSR count). The van der Waals surface area contributed by atoms with Crippen molar-refractivity contribution in [3.05, 3.63) is 36.7 Å². The van der Waals surface area contributed by atoms with Gasteiger partial charge in [0.25, 0.3) is 9.05 Å². The Hall–Kier alpha value is -1.13. The lowest BCUT2D eigenvalue weighted by molar-refractivity contribution is 0.610. The lowest BCUT2D eigenvalue weighted by atomic mass is 10.2. The summed E-state index contributed by atoms with van der Waals surface area (Å²) in [4.78, 5) is 3.97. The number of nitrogens with zero attached hydrogens (tertiary/aromatic N) is 1. The molecule has 5 heteroatoms. The molecule has 0 unspecified atom stereocenters. The summed E-state index contributed by atoms with van der Waals surface area (Å²) in [6.07, 6.45) is 3.09. The Bertz CT molecular complexity index is 575. The Balaban J connectivity index is 2.92. The molecule has 0 aliphatic heterocycles. The van der Waals surface area contributed by atoms with E-state index in [2.05, 4.69) is 4.98 Å². The molecule has 14 heavy (non-hydrogen) atoms. The van der Waals surface area contributed by atoms with Crippen LogP contribution in [-0.4, -0.2) is 13.4 Å². The standard InChI is InChI=1S/C9H6ClNO2S/c10-14(12,13)9-3-1-2-7-4-5-11-6-8(7)9/h1-6H. The van der Waals surface area contributed by atoms with Crippen LogP contribution in [0.1, 0.15) is 0 Å². The largest absolute Gasteiger partial charge is 0.264 e. The average Bonchev–Trinajstić information content (AvgIpc) is 2.15. The molecule has 2 aromatic rings. The predicted molar refractivity (Wildman–Crippen MR) is 54.8 cm³/mol. The molecular weight excluding hydrogens is 222 g/mol. The van der Waals surface area contributed by atoms with Crippen LogP contribution in [0.3, 0.4) is 0 Å². The van der Waals surface area contributed by atoms with Gasteiger partial charge in [0.1, 0.15) is 0 Å². The number of halogens is 1. The van der Waals surface area contributed by atoms with Crippen molar-refractivity contribution in [1.29, 1.82) is 0 Å². The second kappa shape index (κ2) is 3.22. The molecule has 0 amide bonds. The molecule has 0 saturated carbocycles. The van der Waals surface area contributed by atoms with Crippen LogP contribution in [-0.2, 0) is 9.05 Å². The fourth-order valence-electron chi connectivity index (χ4n) is 1.30. The third-order valence-corrected chi connectivity index (χ3v) is 3.29. The molecule has 1 heterocycles. The van der Waals surface area contributed by atoms with Gasteiger partial charge in [0.2, 0.25) is 0 Å². The Morgan fingerprint density at radius 1 is 1.21 bits per heavy atom. The van der Waals surface area contributed by atoms with Crippen molar-refractivity contribution in [2.75, 3.05) is 0 Å². The molecular formula is C9H6ClNO2S. The normalized spacial score (nSPS) is 11.8. The summed E-state index contributed by atoms with van der Waals surface area (Å²) in [7, 11) is 1.58. The quantitative estimate of drug-likeness (QED) is 0.702. The van der Waals surface area contributed by atoms with E-state index in [9.17, 15) is 8.42 Å². The van der Waals surface area contributed by atoms with Crippen LogP contribution in [0.15, 0.2) is 41.6 Å². The maximum Gasteiger partial charge on any atom is 0.261 e. The SMILES string of the molecule is O=S(=O)(Cl)c1cccc2ccncc12. The first-order valence-electron chi connectivity index (χ1n) is 3.86. The van der Waals surface area contributed by atoms with Gasteiger partial charge >= 0.3 is 0 Å².